The third-order valence-corrected chi connectivity index (χ3v) is 4.99. The molecule has 0 aliphatic heterocycles. The summed E-state index contributed by atoms with van der Waals surface area (Å²) in [5.41, 5.74) is 12.0. The maximum absolute atomic E-state index is 12.0. The lowest BCUT2D eigenvalue weighted by Gasteiger charge is -2.09. The van der Waals surface area contributed by atoms with Crippen LogP contribution in [0.3, 0.4) is 0 Å². The number of fused-ring (bicyclic) bond motifs is 3. The first-order chi connectivity index (χ1) is 12.6. The molecule has 129 valence electrons. The van der Waals surface area contributed by atoms with Crippen molar-refractivity contribution in [1.29, 1.82) is 0 Å². The van der Waals surface area contributed by atoms with Gasteiger partial charge in [-0.25, -0.2) is 0 Å². The molecule has 1 aromatic heterocycles. The number of carbonyl (C=O) groups is 1. The SMILES string of the molecule is CCc1c[c]c2c3c(C(N)=O)cccc3n(Cc3ccc(C)cc3)c2c1. The first kappa shape index (κ1) is 16.4. The molecule has 4 rings (SSSR count). The van der Waals surface area contributed by atoms with E-state index in [0.29, 0.717) is 5.56 Å². The Morgan fingerprint density at radius 3 is 2.54 bits per heavy atom. The molecule has 0 spiro atoms. The Labute approximate surface area is 153 Å². The molecule has 1 amide bonds. The summed E-state index contributed by atoms with van der Waals surface area (Å²) in [4.78, 5) is 12.0. The second-order valence-corrected chi connectivity index (χ2v) is 6.76. The fraction of sp³-hybridized carbons (Fsp3) is 0.174. The lowest BCUT2D eigenvalue weighted by atomic mass is 10.0. The van der Waals surface area contributed by atoms with E-state index >= 15 is 0 Å². The number of aromatic nitrogens is 1. The van der Waals surface area contributed by atoms with Gasteiger partial charge in [-0.05, 0) is 48.7 Å². The minimum Gasteiger partial charge on any atom is -0.366 e. The van der Waals surface area contributed by atoms with E-state index in [9.17, 15) is 4.79 Å². The van der Waals surface area contributed by atoms with Crippen molar-refractivity contribution < 1.29 is 4.79 Å². The van der Waals surface area contributed by atoms with E-state index in [0.717, 1.165) is 34.8 Å². The molecule has 0 saturated carbocycles. The molecular weight excluding hydrogens is 320 g/mol. The van der Waals surface area contributed by atoms with Gasteiger partial charge in [-0.2, -0.15) is 0 Å². The van der Waals surface area contributed by atoms with Crippen LogP contribution in [0.2, 0.25) is 0 Å². The maximum atomic E-state index is 12.0. The number of amides is 1. The fourth-order valence-corrected chi connectivity index (χ4v) is 3.55. The van der Waals surface area contributed by atoms with Crippen LogP contribution >= 0.6 is 0 Å². The quantitative estimate of drug-likeness (QED) is 0.579. The zero-order valence-corrected chi connectivity index (χ0v) is 15.0. The lowest BCUT2D eigenvalue weighted by Crippen LogP contribution is -2.11. The van der Waals surface area contributed by atoms with Gasteiger partial charge in [0, 0.05) is 22.9 Å². The van der Waals surface area contributed by atoms with Crippen LogP contribution < -0.4 is 5.73 Å². The Hall–Kier alpha value is -3.07. The number of rotatable bonds is 4. The van der Waals surface area contributed by atoms with Crippen molar-refractivity contribution in [3.63, 3.8) is 0 Å². The van der Waals surface area contributed by atoms with Gasteiger partial charge in [0.05, 0.1) is 11.0 Å². The van der Waals surface area contributed by atoms with E-state index in [1.165, 1.54) is 16.7 Å². The molecule has 0 fully saturated rings. The average Bonchev–Trinajstić information content (AvgIpc) is 2.96. The third-order valence-electron chi connectivity index (χ3n) is 4.99. The largest absolute Gasteiger partial charge is 0.366 e. The van der Waals surface area contributed by atoms with E-state index in [2.05, 4.69) is 60.9 Å². The number of nitrogens with two attached hydrogens (primary N) is 1. The minimum atomic E-state index is -0.405. The first-order valence-electron chi connectivity index (χ1n) is 8.89. The van der Waals surface area contributed by atoms with Gasteiger partial charge in [0.2, 0.25) is 5.91 Å². The zero-order chi connectivity index (χ0) is 18.3. The first-order valence-corrected chi connectivity index (χ1v) is 8.89. The summed E-state index contributed by atoms with van der Waals surface area (Å²) in [6.07, 6.45) is 0.946. The molecule has 3 nitrogen and oxygen atoms in total. The van der Waals surface area contributed by atoms with Crippen molar-refractivity contribution in [2.24, 2.45) is 5.73 Å². The van der Waals surface area contributed by atoms with Crippen LogP contribution in [0.25, 0.3) is 21.8 Å². The molecule has 0 saturated heterocycles. The molecule has 0 unspecified atom stereocenters. The molecule has 1 heterocycles. The Morgan fingerprint density at radius 1 is 1.08 bits per heavy atom. The van der Waals surface area contributed by atoms with Crippen LogP contribution in [0.15, 0.2) is 54.6 Å². The summed E-state index contributed by atoms with van der Waals surface area (Å²) in [5, 5.41) is 1.85. The van der Waals surface area contributed by atoms with Gasteiger partial charge in [-0.15, -0.1) is 0 Å². The monoisotopic (exact) mass is 341 g/mol. The molecule has 4 aromatic rings. The van der Waals surface area contributed by atoms with Gasteiger partial charge in [-0.3, -0.25) is 4.79 Å². The molecule has 0 aliphatic carbocycles. The van der Waals surface area contributed by atoms with E-state index in [-0.39, 0.29) is 0 Å². The van der Waals surface area contributed by atoms with Gasteiger partial charge in [0.15, 0.2) is 0 Å². The standard InChI is InChI=1S/C23H21N2O/c1-3-16-11-12-18-21(13-16)25(14-17-9-7-15(2)8-10-17)20-6-4-5-19(22(18)20)23(24)26/h4-11,13H,3,14H2,1-2H3,(H2,24,26). The summed E-state index contributed by atoms with van der Waals surface area (Å²) < 4.78 is 2.26. The average molecular weight is 341 g/mol. The molecule has 3 aromatic carbocycles. The fourth-order valence-electron chi connectivity index (χ4n) is 3.55. The Kier molecular flexibility index (Phi) is 4.00. The highest BCUT2D eigenvalue weighted by molar-refractivity contribution is 6.17. The summed E-state index contributed by atoms with van der Waals surface area (Å²) in [6, 6.07) is 21.9. The molecule has 2 N–H and O–H groups in total. The van der Waals surface area contributed by atoms with Crippen LogP contribution in [0, 0.1) is 13.0 Å². The van der Waals surface area contributed by atoms with Crippen molar-refractivity contribution in [3.8, 4) is 0 Å². The molecule has 0 atom stereocenters. The smallest absolute Gasteiger partial charge is 0.249 e. The molecule has 26 heavy (non-hydrogen) atoms. The van der Waals surface area contributed by atoms with Crippen LogP contribution in [-0.2, 0) is 13.0 Å². The van der Waals surface area contributed by atoms with Crippen LogP contribution in [-0.4, -0.2) is 10.5 Å². The van der Waals surface area contributed by atoms with E-state index in [4.69, 9.17) is 5.73 Å². The minimum absolute atomic E-state index is 0.405. The van der Waals surface area contributed by atoms with Gasteiger partial charge >= 0.3 is 0 Å². The van der Waals surface area contributed by atoms with Crippen LogP contribution in [0.1, 0.15) is 34.0 Å². The Bertz CT molecular complexity index is 1120. The predicted octanol–water partition coefficient (Wildman–Crippen LogP) is 4.61. The third kappa shape index (κ3) is 2.66. The summed E-state index contributed by atoms with van der Waals surface area (Å²) in [5.74, 6) is -0.405. The predicted molar refractivity (Wildman–Crippen MR) is 106 cm³/mol. The van der Waals surface area contributed by atoms with Gasteiger partial charge in [0.25, 0.3) is 0 Å². The Morgan fingerprint density at radius 2 is 1.85 bits per heavy atom. The number of carbonyl (C=O) groups excluding carboxylic acids is 1. The van der Waals surface area contributed by atoms with Crippen LogP contribution in [0.4, 0.5) is 0 Å². The molecule has 0 bridgehead atoms. The van der Waals surface area contributed by atoms with Crippen molar-refractivity contribution in [3.05, 3.63) is 82.9 Å². The van der Waals surface area contributed by atoms with Gasteiger partial charge < -0.3 is 10.3 Å². The van der Waals surface area contributed by atoms with Gasteiger partial charge in [-0.1, -0.05) is 48.9 Å². The zero-order valence-electron chi connectivity index (χ0n) is 15.0. The number of hydrogen-bond donors (Lipinski definition) is 1. The molecule has 0 aliphatic rings. The van der Waals surface area contributed by atoms with Crippen molar-refractivity contribution >= 4 is 27.7 Å². The topological polar surface area (TPSA) is 48.0 Å². The van der Waals surface area contributed by atoms with E-state index in [1.54, 1.807) is 6.07 Å². The Balaban J connectivity index is 2.03. The number of aryl methyl sites for hydroxylation is 2. The second kappa shape index (κ2) is 6.34. The number of nitrogens with zero attached hydrogens (tertiary/aromatic N) is 1. The van der Waals surface area contributed by atoms with Crippen molar-refractivity contribution in [1.82, 2.24) is 4.57 Å². The van der Waals surface area contributed by atoms with Gasteiger partial charge in [0.1, 0.15) is 0 Å². The molecule has 3 heteroatoms. The summed E-state index contributed by atoms with van der Waals surface area (Å²) >= 11 is 0. The number of benzene rings is 3. The highest BCUT2D eigenvalue weighted by Crippen LogP contribution is 2.32. The van der Waals surface area contributed by atoms with Crippen molar-refractivity contribution in [2.75, 3.05) is 0 Å². The summed E-state index contributed by atoms with van der Waals surface area (Å²) in [7, 11) is 0. The second-order valence-electron chi connectivity index (χ2n) is 6.76. The lowest BCUT2D eigenvalue weighted by molar-refractivity contribution is 0.100. The number of hydrogen-bond acceptors (Lipinski definition) is 1. The highest BCUT2D eigenvalue weighted by atomic mass is 16.1. The highest BCUT2D eigenvalue weighted by Gasteiger charge is 2.17. The van der Waals surface area contributed by atoms with E-state index < -0.39 is 5.91 Å². The summed E-state index contributed by atoms with van der Waals surface area (Å²) in [6.45, 7) is 4.96. The van der Waals surface area contributed by atoms with Crippen molar-refractivity contribution in [2.45, 2.75) is 26.8 Å². The van der Waals surface area contributed by atoms with Crippen LogP contribution in [0.5, 0.6) is 0 Å². The number of primary amides is 1. The molecular formula is C23H21N2O. The normalized spacial score (nSPS) is 11.3. The van der Waals surface area contributed by atoms with E-state index in [1.807, 2.05) is 12.1 Å². The molecule has 1 radical (unpaired) electrons. The maximum Gasteiger partial charge on any atom is 0.249 e.